The van der Waals surface area contributed by atoms with Crippen molar-refractivity contribution >= 4 is 27.8 Å². The molecule has 0 heterocycles. The van der Waals surface area contributed by atoms with Crippen molar-refractivity contribution in [3.63, 3.8) is 0 Å². The maximum absolute atomic E-state index is 12.2. The van der Waals surface area contributed by atoms with Gasteiger partial charge in [0, 0.05) is 52.7 Å². The number of guanidine groups is 1. The van der Waals surface area contributed by atoms with Crippen LogP contribution in [0.3, 0.4) is 0 Å². The molecule has 122 valence electrons. The Balaban J connectivity index is 2.55. The van der Waals surface area contributed by atoms with E-state index in [-0.39, 0.29) is 5.91 Å². The molecule has 1 aromatic rings. The fourth-order valence-corrected chi connectivity index (χ4v) is 2.51. The Bertz CT molecular complexity index is 519. The highest BCUT2D eigenvalue weighted by Crippen LogP contribution is 2.17. The van der Waals surface area contributed by atoms with E-state index in [4.69, 9.17) is 0 Å². The van der Waals surface area contributed by atoms with Crippen molar-refractivity contribution in [1.82, 2.24) is 14.7 Å². The normalized spacial score (nSPS) is 10.1. The molecule has 0 unspecified atom stereocenters. The van der Waals surface area contributed by atoms with Gasteiger partial charge in [-0.15, -0.1) is 0 Å². The minimum absolute atomic E-state index is 0.0939. The summed E-state index contributed by atoms with van der Waals surface area (Å²) in [6.45, 7) is 1.09. The molecule has 0 bridgehead atoms. The Morgan fingerprint density at radius 2 is 1.68 bits per heavy atom. The fraction of sp³-hybridized carbons (Fsp3) is 0.500. The fourth-order valence-electron chi connectivity index (χ4n) is 2.10. The molecule has 5 nitrogen and oxygen atoms in total. The summed E-state index contributed by atoms with van der Waals surface area (Å²) in [5.41, 5.74) is 1.10. The molecule has 1 rings (SSSR count). The maximum Gasteiger partial charge on any atom is 0.224 e. The zero-order valence-corrected chi connectivity index (χ0v) is 15.6. The number of aliphatic imine (C=N–C) groups is 1. The predicted molar refractivity (Wildman–Crippen MR) is 94.9 cm³/mol. The highest BCUT2D eigenvalue weighted by atomic mass is 79.9. The smallest absolute Gasteiger partial charge is 0.224 e. The predicted octanol–water partition coefficient (Wildman–Crippen LogP) is 2.28. The highest BCUT2D eigenvalue weighted by Gasteiger charge is 2.11. The first-order valence-electron chi connectivity index (χ1n) is 7.19. The van der Waals surface area contributed by atoms with Gasteiger partial charge in [-0.2, -0.15) is 0 Å². The van der Waals surface area contributed by atoms with Crippen LogP contribution in [0.5, 0.6) is 0 Å². The molecule has 0 spiro atoms. The lowest BCUT2D eigenvalue weighted by Gasteiger charge is -2.23. The van der Waals surface area contributed by atoms with Crippen molar-refractivity contribution in [1.29, 1.82) is 0 Å². The van der Waals surface area contributed by atoms with Crippen LogP contribution < -0.4 is 0 Å². The van der Waals surface area contributed by atoms with Gasteiger partial charge < -0.3 is 14.7 Å². The summed E-state index contributed by atoms with van der Waals surface area (Å²) in [6, 6.07) is 7.94. The van der Waals surface area contributed by atoms with Crippen LogP contribution in [0.1, 0.15) is 12.0 Å². The Kier molecular flexibility index (Phi) is 7.38. The van der Waals surface area contributed by atoms with Crippen LogP contribution in [0.2, 0.25) is 0 Å². The third-order valence-corrected chi connectivity index (χ3v) is 3.94. The van der Waals surface area contributed by atoms with E-state index < -0.39 is 0 Å². The molecule has 0 saturated carbocycles. The molecule has 0 fully saturated rings. The standard InChI is InChI=1S/C16H25BrN4O/c1-19(2)16(20(3)4)18-11-10-15(22)21(5)12-13-8-6-7-9-14(13)17/h6-9H,10-12H2,1-5H3. The number of benzene rings is 1. The van der Waals surface area contributed by atoms with Crippen molar-refractivity contribution < 1.29 is 4.79 Å². The zero-order chi connectivity index (χ0) is 16.7. The zero-order valence-electron chi connectivity index (χ0n) is 14.0. The summed E-state index contributed by atoms with van der Waals surface area (Å²) < 4.78 is 1.02. The van der Waals surface area contributed by atoms with Gasteiger partial charge in [0.05, 0.1) is 6.54 Å². The van der Waals surface area contributed by atoms with Gasteiger partial charge in [0.2, 0.25) is 5.91 Å². The van der Waals surface area contributed by atoms with Crippen LogP contribution >= 0.6 is 15.9 Å². The molecule has 0 aliphatic heterocycles. The summed E-state index contributed by atoms with van der Waals surface area (Å²) in [7, 11) is 9.60. The van der Waals surface area contributed by atoms with Crippen LogP contribution in [0.4, 0.5) is 0 Å². The Labute approximate surface area is 141 Å². The Morgan fingerprint density at radius 3 is 2.23 bits per heavy atom. The highest BCUT2D eigenvalue weighted by molar-refractivity contribution is 9.10. The number of hydrogen-bond acceptors (Lipinski definition) is 2. The first-order chi connectivity index (χ1) is 10.3. The number of amides is 1. The molecule has 0 atom stereocenters. The molecule has 1 amide bonds. The van der Waals surface area contributed by atoms with Gasteiger partial charge in [0.15, 0.2) is 5.96 Å². The number of halogens is 1. The monoisotopic (exact) mass is 368 g/mol. The lowest BCUT2D eigenvalue weighted by Crippen LogP contribution is -2.35. The first kappa shape index (κ1) is 18.5. The van der Waals surface area contributed by atoms with E-state index in [1.807, 2.05) is 69.3 Å². The van der Waals surface area contributed by atoms with E-state index in [0.29, 0.717) is 19.5 Å². The minimum Gasteiger partial charge on any atom is -0.349 e. The number of carbonyl (C=O) groups is 1. The van der Waals surface area contributed by atoms with Crippen LogP contribution in [-0.4, -0.2) is 68.3 Å². The average Bonchev–Trinajstić information content (AvgIpc) is 2.44. The molecule has 22 heavy (non-hydrogen) atoms. The van der Waals surface area contributed by atoms with Crippen molar-refractivity contribution in [3.05, 3.63) is 34.3 Å². The van der Waals surface area contributed by atoms with Crippen LogP contribution in [0.15, 0.2) is 33.7 Å². The summed E-state index contributed by atoms with van der Waals surface area (Å²) >= 11 is 3.51. The second-order valence-corrected chi connectivity index (χ2v) is 6.42. The molecular formula is C16H25BrN4O. The molecule has 0 radical (unpaired) electrons. The molecule has 0 saturated heterocycles. The van der Waals surface area contributed by atoms with Crippen molar-refractivity contribution in [3.8, 4) is 0 Å². The third kappa shape index (κ3) is 5.67. The largest absolute Gasteiger partial charge is 0.349 e. The third-order valence-electron chi connectivity index (χ3n) is 3.17. The number of hydrogen-bond donors (Lipinski definition) is 0. The van der Waals surface area contributed by atoms with Crippen LogP contribution in [0.25, 0.3) is 0 Å². The minimum atomic E-state index is 0.0939. The van der Waals surface area contributed by atoms with E-state index in [1.54, 1.807) is 4.90 Å². The van der Waals surface area contributed by atoms with Gasteiger partial charge in [-0.05, 0) is 11.6 Å². The SMILES string of the molecule is CN(C)C(=NCCC(=O)N(C)Cc1ccccc1Br)N(C)C. The number of carbonyl (C=O) groups excluding carboxylic acids is 1. The molecule has 0 N–H and O–H groups in total. The summed E-state index contributed by atoms with van der Waals surface area (Å²) in [5, 5.41) is 0. The first-order valence-corrected chi connectivity index (χ1v) is 7.98. The van der Waals surface area contributed by atoms with Crippen molar-refractivity contribution in [2.75, 3.05) is 41.8 Å². The molecular weight excluding hydrogens is 344 g/mol. The van der Waals surface area contributed by atoms with E-state index in [2.05, 4.69) is 20.9 Å². The Morgan fingerprint density at radius 1 is 1.09 bits per heavy atom. The lowest BCUT2D eigenvalue weighted by molar-refractivity contribution is -0.130. The molecule has 1 aromatic carbocycles. The number of rotatable bonds is 5. The second-order valence-electron chi connectivity index (χ2n) is 5.56. The maximum atomic E-state index is 12.2. The van der Waals surface area contributed by atoms with Gasteiger partial charge in [0.25, 0.3) is 0 Å². The molecule has 0 aliphatic rings. The van der Waals surface area contributed by atoms with Crippen LogP contribution in [0, 0.1) is 0 Å². The second kappa shape index (κ2) is 8.78. The number of nitrogens with zero attached hydrogens (tertiary/aromatic N) is 4. The van der Waals surface area contributed by atoms with Gasteiger partial charge in [-0.25, -0.2) is 0 Å². The van der Waals surface area contributed by atoms with Crippen molar-refractivity contribution in [2.45, 2.75) is 13.0 Å². The van der Waals surface area contributed by atoms with Gasteiger partial charge in [0.1, 0.15) is 0 Å². The van der Waals surface area contributed by atoms with E-state index in [9.17, 15) is 4.79 Å². The van der Waals surface area contributed by atoms with E-state index in [0.717, 1.165) is 16.0 Å². The summed E-state index contributed by atoms with van der Waals surface area (Å²) in [6.07, 6.45) is 0.409. The van der Waals surface area contributed by atoms with Gasteiger partial charge in [-0.1, -0.05) is 34.1 Å². The lowest BCUT2D eigenvalue weighted by atomic mass is 10.2. The molecule has 0 aliphatic carbocycles. The van der Waals surface area contributed by atoms with Gasteiger partial charge in [-0.3, -0.25) is 9.79 Å². The molecule has 0 aromatic heterocycles. The summed E-state index contributed by atoms with van der Waals surface area (Å²) in [4.78, 5) is 22.3. The van der Waals surface area contributed by atoms with Crippen LogP contribution in [-0.2, 0) is 11.3 Å². The Hall–Kier alpha value is -1.56. The van der Waals surface area contributed by atoms with E-state index in [1.165, 1.54) is 0 Å². The van der Waals surface area contributed by atoms with Gasteiger partial charge >= 0.3 is 0 Å². The quantitative estimate of drug-likeness (QED) is 0.591. The molecule has 6 heteroatoms. The van der Waals surface area contributed by atoms with Crippen molar-refractivity contribution in [2.24, 2.45) is 4.99 Å². The topological polar surface area (TPSA) is 39.2 Å². The average molecular weight is 369 g/mol. The van der Waals surface area contributed by atoms with E-state index >= 15 is 0 Å². The summed E-state index contributed by atoms with van der Waals surface area (Å²) in [5.74, 6) is 0.956.